The number of fused-ring (bicyclic) bond motifs is 1. The Kier molecular flexibility index (Phi) is 5.26. The Morgan fingerprint density at radius 2 is 1.75 bits per heavy atom. The van der Waals surface area contributed by atoms with Gasteiger partial charge in [0.25, 0.3) is 0 Å². The summed E-state index contributed by atoms with van der Waals surface area (Å²) in [6, 6.07) is 9.59. The van der Waals surface area contributed by atoms with Gasteiger partial charge in [-0.3, -0.25) is 9.78 Å². The second-order valence-electron chi connectivity index (χ2n) is 7.68. The summed E-state index contributed by atoms with van der Waals surface area (Å²) in [7, 11) is 0. The Morgan fingerprint density at radius 1 is 1.07 bits per heavy atom. The third-order valence-electron chi connectivity index (χ3n) is 5.78. The number of anilines is 1. The van der Waals surface area contributed by atoms with Crippen molar-refractivity contribution < 1.29 is 13.6 Å². The first-order chi connectivity index (χ1) is 13.5. The van der Waals surface area contributed by atoms with Gasteiger partial charge in [0.1, 0.15) is 12.5 Å². The van der Waals surface area contributed by atoms with Crippen molar-refractivity contribution >= 4 is 11.6 Å². The van der Waals surface area contributed by atoms with Crippen molar-refractivity contribution in [2.45, 2.75) is 6.42 Å². The number of benzene rings is 1. The lowest BCUT2D eigenvalue weighted by Gasteiger charge is -2.21. The van der Waals surface area contributed by atoms with Crippen LogP contribution in [-0.4, -0.2) is 60.1 Å². The number of halogens is 2. The van der Waals surface area contributed by atoms with E-state index in [-0.39, 0.29) is 24.8 Å². The number of hydrogen-bond acceptors (Lipinski definition) is 4. The van der Waals surface area contributed by atoms with Crippen molar-refractivity contribution in [2.75, 3.05) is 45.1 Å². The molecule has 3 heterocycles. The van der Waals surface area contributed by atoms with E-state index in [1.54, 1.807) is 24.3 Å². The van der Waals surface area contributed by atoms with Crippen LogP contribution in [0.15, 0.2) is 36.4 Å². The number of pyridine rings is 1. The number of rotatable bonds is 5. The summed E-state index contributed by atoms with van der Waals surface area (Å²) < 4.78 is 25.7. The van der Waals surface area contributed by atoms with E-state index in [4.69, 9.17) is 5.73 Å². The summed E-state index contributed by atoms with van der Waals surface area (Å²) in [4.78, 5) is 21.4. The van der Waals surface area contributed by atoms with Crippen LogP contribution in [0, 0.1) is 17.7 Å². The summed E-state index contributed by atoms with van der Waals surface area (Å²) >= 11 is 0. The summed E-state index contributed by atoms with van der Waals surface area (Å²) in [5, 5.41) is 0. The standard InChI is InChI=1S/C21H24F2N4O/c22-7-8-26-10-15-12-27(13-16(15)11-26)21(28)9-20-18(24)5-6-19(25-20)14-1-3-17(23)4-2-14/h1-6,15-16H,7-13,24H2. The van der Waals surface area contributed by atoms with Crippen LogP contribution in [0.5, 0.6) is 0 Å². The molecule has 1 aromatic carbocycles. The van der Waals surface area contributed by atoms with Gasteiger partial charge in [-0.2, -0.15) is 0 Å². The first-order valence-electron chi connectivity index (χ1n) is 9.61. The molecule has 2 N–H and O–H groups in total. The zero-order valence-electron chi connectivity index (χ0n) is 15.7. The van der Waals surface area contributed by atoms with Crippen LogP contribution in [0.1, 0.15) is 5.69 Å². The highest BCUT2D eigenvalue weighted by Gasteiger charge is 2.41. The van der Waals surface area contributed by atoms with Crippen molar-refractivity contribution in [3.63, 3.8) is 0 Å². The molecule has 1 amide bonds. The molecule has 1 aromatic heterocycles. The van der Waals surface area contributed by atoms with Gasteiger partial charge >= 0.3 is 0 Å². The molecule has 148 valence electrons. The minimum absolute atomic E-state index is 0.0156. The maximum absolute atomic E-state index is 13.1. The van der Waals surface area contributed by atoms with Crippen LogP contribution in [0.25, 0.3) is 11.3 Å². The molecule has 2 atom stereocenters. The molecule has 2 unspecified atom stereocenters. The summed E-state index contributed by atoms with van der Waals surface area (Å²) in [5.74, 6) is 0.555. The lowest BCUT2D eigenvalue weighted by atomic mass is 10.0. The van der Waals surface area contributed by atoms with E-state index in [1.807, 2.05) is 4.90 Å². The van der Waals surface area contributed by atoms with E-state index in [1.165, 1.54) is 12.1 Å². The monoisotopic (exact) mass is 386 g/mol. The topological polar surface area (TPSA) is 62.5 Å². The number of amides is 1. The van der Waals surface area contributed by atoms with Crippen LogP contribution in [0.4, 0.5) is 14.5 Å². The summed E-state index contributed by atoms with van der Waals surface area (Å²) in [5.41, 5.74) is 8.51. The van der Waals surface area contributed by atoms with Crippen molar-refractivity contribution in [2.24, 2.45) is 11.8 Å². The van der Waals surface area contributed by atoms with E-state index in [0.717, 1.165) is 18.7 Å². The summed E-state index contributed by atoms with van der Waals surface area (Å²) in [6.45, 7) is 3.31. The average molecular weight is 386 g/mol. The van der Waals surface area contributed by atoms with Crippen LogP contribution in [0.2, 0.25) is 0 Å². The molecule has 0 radical (unpaired) electrons. The van der Waals surface area contributed by atoms with Gasteiger partial charge < -0.3 is 15.5 Å². The van der Waals surface area contributed by atoms with Gasteiger partial charge in [-0.1, -0.05) is 0 Å². The van der Waals surface area contributed by atoms with E-state index in [9.17, 15) is 13.6 Å². The fourth-order valence-electron chi connectivity index (χ4n) is 4.29. The van der Waals surface area contributed by atoms with Crippen LogP contribution < -0.4 is 5.73 Å². The maximum atomic E-state index is 13.1. The normalized spacial score (nSPS) is 21.9. The lowest BCUT2D eigenvalue weighted by molar-refractivity contribution is -0.129. The van der Waals surface area contributed by atoms with Crippen molar-refractivity contribution in [3.05, 3.63) is 47.9 Å². The highest BCUT2D eigenvalue weighted by atomic mass is 19.1. The molecule has 0 bridgehead atoms. The number of carbonyl (C=O) groups excluding carboxylic acids is 1. The molecular formula is C21H24F2N4O. The Labute approximate surface area is 163 Å². The van der Waals surface area contributed by atoms with Gasteiger partial charge in [-0.15, -0.1) is 0 Å². The number of alkyl halides is 1. The Morgan fingerprint density at radius 3 is 2.39 bits per heavy atom. The molecule has 0 saturated carbocycles. The first-order valence-corrected chi connectivity index (χ1v) is 9.61. The second kappa shape index (κ2) is 7.83. The molecule has 2 saturated heterocycles. The van der Waals surface area contributed by atoms with Crippen LogP contribution in [-0.2, 0) is 11.2 Å². The largest absolute Gasteiger partial charge is 0.397 e. The molecule has 5 nitrogen and oxygen atoms in total. The summed E-state index contributed by atoms with van der Waals surface area (Å²) in [6.07, 6.45) is 0.147. The minimum Gasteiger partial charge on any atom is -0.397 e. The molecule has 2 aromatic rings. The van der Waals surface area contributed by atoms with E-state index in [2.05, 4.69) is 9.88 Å². The number of hydrogen-bond donors (Lipinski definition) is 1. The first kappa shape index (κ1) is 18.8. The molecule has 2 aliphatic rings. The molecule has 7 heteroatoms. The SMILES string of the molecule is Nc1ccc(-c2ccc(F)cc2)nc1CC(=O)N1CC2CN(CCF)CC2C1. The van der Waals surface area contributed by atoms with Crippen LogP contribution >= 0.6 is 0 Å². The second-order valence-corrected chi connectivity index (χ2v) is 7.68. The quantitative estimate of drug-likeness (QED) is 0.857. The van der Waals surface area contributed by atoms with E-state index < -0.39 is 0 Å². The van der Waals surface area contributed by atoms with Gasteiger partial charge in [-0.05, 0) is 48.2 Å². The van der Waals surface area contributed by atoms with Crippen LogP contribution in [0.3, 0.4) is 0 Å². The Hall–Kier alpha value is -2.54. The molecular weight excluding hydrogens is 362 g/mol. The molecule has 0 spiro atoms. The van der Waals surface area contributed by atoms with Gasteiger partial charge in [0.2, 0.25) is 5.91 Å². The van der Waals surface area contributed by atoms with Gasteiger partial charge in [-0.25, -0.2) is 8.78 Å². The molecule has 2 fully saturated rings. The fraction of sp³-hybridized carbons (Fsp3) is 0.429. The lowest BCUT2D eigenvalue weighted by Crippen LogP contribution is -2.35. The molecule has 2 aliphatic heterocycles. The van der Waals surface area contributed by atoms with E-state index >= 15 is 0 Å². The van der Waals surface area contributed by atoms with Crippen molar-refractivity contribution in [1.82, 2.24) is 14.8 Å². The maximum Gasteiger partial charge on any atom is 0.228 e. The highest BCUT2D eigenvalue weighted by Crippen LogP contribution is 2.31. The number of carbonyl (C=O) groups is 1. The Balaban J connectivity index is 1.43. The number of nitrogens with zero attached hydrogens (tertiary/aromatic N) is 3. The predicted octanol–water partition coefficient (Wildman–Crippen LogP) is 2.37. The smallest absolute Gasteiger partial charge is 0.228 e. The fourth-order valence-corrected chi connectivity index (χ4v) is 4.29. The third kappa shape index (κ3) is 3.85. The van der Waals surface area contributed by atoms with Gasteiger partial charge in [0, 0.05) is 38.3 Å². The zero-order valence-corrected chi connectivity index (χ0v) is 15.7. The average Bonchev–Trinajstić information content (AvgIpc) is 3.23. The zero-order chi connectivity index (χ0) is 19.7. The van der Waals surface area contributed by atoms with Gasteiger partial charge in [0.15, 0.2) is 0 Å². The highest BCUT2D eigenvalue weighted by molar-refractivity contribution is 5.80. The molecule has 0 aliphatic carbocycles. The number of likely N-dealkylation sites (tertiary alicyclic amines) is 2. The van der Waals surface area contributed by atoms with Crippen molar-refractivity contribution in [3.8, 4) is 11.3 Å². The number of nitrogen functional groups attached to an aromatic ring is 1. The third-order valence-corrected chi connectivity index (χ3v) is 5.78. The number of nitrogens with two attached hydrogens (primary N) is 1. The molecule has 4 rings (SSSR count). The van der Waals surface area contributed by atoms with E-state index in [0.29, 0.717) is 48.5 Å². The molecule has 28 heavy (non-hydrogen) atoms. The Bertz CT molecular complexity index is 844. The van der Waals surface area contributed by atoms with Gasteiger partial charge in [0.05, 0.1) is 23.5 Å². The minimum atomic E-state index is -0.322. The number of aromatic nitrogens is 1. The van der Waals surface area contributed by atoms with Crippen molar-refractivity contribution in [1.29, 1.82) is 0 Å². The predicted molar refractivity (Wildman–Crippen MR) is 104 cm³/mol.